The summed E-state index contributed by atoms with van der Waals surface area (Å²) in [4.78, 5) is 0. The predicted molar refractivity (Wildman–Crippen MR) is 44.0 cm³/mol. The molecule has 1 unspecified atom stereocenters. The summed E-state index contributed by atoms with van der Waals surface area (Å²) < 4.78 is 0. The van der Waals surface area contributed by atoms with E-state index in [-0.39, 0.29) is 0 Å². The molecule has 1 aliphatic heterocycles. The fraction of sp³-hybridized carbons (Fsp3) is 0.750. The lowest BCUT2D eigenvalue weighted by atomic mass is 10.1. The average molecular weight is 140 g/mol. The molecule has 2 heteroatoms. The lowest BCUT2D eigenvalue weighted by molar-refractivity contribution is 0.723. The van der Waals surface area contributed by atoms with Gasteiger partial charge in [-0.25, -0.2) is 0 Å². The van der Waals surface area contributed by atoms with Crippen LogP contribution >= 0.6 is 0 Å². The van der Waals surface area contributed by atoms with E-state index in [9.17, 15) is 0 Å². The Morgan fingerprint density at radius 2 is 2.60 bits per heavy atom. The minimum absolute atomic E-state index is 0.786. The molecule has 0 amide bonds. The summed E-state index contributed by atoms with van der Waals surface area (Å²) in [7, 11) is 1.97. The number of likely N-dealkylation sites (N-methyl/N-ethyl adjacent to an activating group) is 1. The van der Waals surface area contributed by atoms with Crippen LogP contribution in [0.2, 0.25) is 0 Å². The maximum absolute atomic E-state index is 3.33. The molecular weight excluding hydrogens is 124 g/mol. The van der Waals surface area contributed by atoms with Gasteiger partial charge in [-0.2, -0.15) is 0 Å². The minimum Gasteiger partial charge on any atom is -0.316 e. The smallest absolute Gasteiger partial charge is 0.0131 e. The first-order valence-electron chi connectivity index (χ1n) is 3.95. The Balaban J connectivity index is 2.10. The molecule has 1 rings (SSSR count). The maximum Gasteiger partial charge on any atom is 0.0131 e. The van der Waals surface area contributed by atoms with Gasteiger partial charge in [-0.1, -0.05) is 12.2 Å². The topological polar surface area (TPSA) is 24.1 Å². The summed E-state index contributed by atoms with van der Waals surface area (Å²) >= 11 is 0. The van der Waals surface area contributed by atoms with E-state index in [1.807, 2.05) is 7.05 Å². The van der Waals surface area contributed by atoms with Gasteiger partial charge in [0.25, 0.3) is 0 Å². The van der Waals surface area contributed by atoms with Crippen LogP contribution < -0.4 is 10.6 Å². The summed E-state index contributed by atoms with van der Waals surface area (Å²) in [5.41, 5.74) is 0. The fourth-order valence-electron chi connectivity index (χ4n) is 1.22. The van der Waals surface area contributed by atoms with E-state index in [0.717, 1.165) is 12.5 Å². The fourth-order valence-corrected chi connectivity index (χ4v) is 1.22. The van der Waals surface area contributed by atoms with E-state index in [1.54, 1.807) is 0 Å². The molecule has 1 saturated heterocycles. The first-order chi connectivity index (χ1) is 4.93. The Morgan fingerprint density at radius 1 is 1.70 bits per heavy atom. The predicted octanol–water partition coefficient (Wildman–Crippen LogP) is 0.371. The second kappa shape index (κ2) is 4.47. The van der Waals surface area contributed by atoms with Crippen molar-refractivity contribution in [1.29, 1.82) is 0 Å². The Kier molecular flexibility index (Phi) is 3.47. The third-order valence-electron chi connectivity index (χ3n) is 1.83. The lowest BCUT2D eigenvalue weighted by Crippen LogP contribution is -2.08. The van der Waals surface area contributed by atoms with Crippen molar-refractivity contribution in [3.8, 4) is 0 Å². The first-order valence-corrected chi connectivity index (χ1v) is 3.95. The highest BCUT2D eigenvalue weighted by molar-refractivity contribution is 4.93. The average Bonchev–Trinajstić information content (AvgIpc) is 2.41. The van der Waals surface area contributed by atoms with Crippen molar-refractivity contribution in [1.82, 2.24) is 10.6 Å². The van der Waals surface area contributed by atoms with Crippen molar-refractivity contribution < 1.29 is 0 Å². The number of hydrogen-bond donors (Lipinski definition) is 2. The van der Waals surface area contributed by atoms with Crippen LogP contribution in [-0.4, -0.2) is 26.7 Å². The summed E-state index contributed by atoms with van der Waals surface area (Å²) in [6, 6.07) is 0. The van der Waals surface area contributed by atoms with Crippen LogP contribution in [0.5, 0.6) is 0 Å². The van der Waals surface area contributed by atoms with Gasteiger partial charge < -0.3 is 10.6 Å². The minimum atomic E-state index is 0.786. The highest BCUT2D eigenvalue weighted by atomic mass is 14.9. The van der Waals surface area contributed by atoms with Crippen molar-refractivity contribution in [3.63, 3.8) is 0 Å². The normalized spacial score (nSPS) is 26.3. The molecule has 58 valence electrons. The van der Waals surface area contributed by atoms with Crippen LogP contribution in [0.3, 0.4) is 0 Å². The van der Waals surface area contributed by atoms with Crippen molar-refractivity contribution in [3.05, 3.63) is 12.2 Å². The second-order valence-corrected chi connectivity index (χ2v) is 2.74. The quantitative estimate of drug-likeness (QED) is 0.553. The SMILES string of the molecule is CNC/C=C/C1CCNC1. The Labute approximate surface area is 62.7 Å². The van der Waals surface area contributed by atoms with E-state index < -0.39 is 0 Å². The highest BCUT2D eigenvalue weighted by Gasteiger charge is 2.09. The van der Waals surface area contributed by atoms with Gasteiger partial charge in [0.15, 0.2) is 0 Å². The monoisotopic (exact) mass is 140 g/mol. The van der Waals surface area contributed by atoms with Gasteiger partial charge in [0.1, 0.15) is 0 Å². The Hall–Kier alpha value is -0.340. The molecular formula is C8H16N2. The van der Waals surface area contributed by atoms with Gasteiger partial charge in [-0.15, -0.1) is 0 Å². The van der Waals surface area contributed by atoms with E-state index in [1.165, 1.54) is 19.5 Å². The van der Waals surface area contributed by atoms with Crippen molar-refractivity contribution in [2.45, 2.75) is 6.42 Å². The third kappa shape index (κ3) is 2.50. The molecule has 0 aromatic carbocycles. The highest BCUT2D eigenvalue weighted by Crippen LogP contribution is 2.07. The summed E-state index contributed by atoms with van der Waals surface area (Å²) in [5.74, 6) is 0.786. The standard InChI is InChI=1S/C8H16N2/c1-9-5-2-3-8-4-6-10-7-8/h2-3,8-10H,4-7H2,1H3/b3-2+. The molecule has 1 fully saturated rings. The summed E-state index contributed by atoms with van der Waals surface area (Å²) in [6.45, 7) is 3.35. The molecule has 1 atom stereocenters. The molecule has 0 aromatic heterocycles. The largest absolute Gasteiger partial charge is 0.316 e. The molecule has 0 spiro atoms. The van der Waals surface area contributed by atoms with Crippen molar-refractivity contribution >= 4 is 0 Å². The van der Waals surface area contributed by atoms with Gasteiger partial charge in [-0.3, -0.25) is 0 Å². The second-order valence-electron chi connectivity index (χ2n) is 2.74. The molecule has 0 aliphatic carbocycles. The molecule has 0 aromatic rings. The van der Waals surface area contributed by atoms with Gasteiger partial charge in [0.2, 0.25) is 0 Å². The molecule has 0 saturated carbocycles. The van der Waals surface area contributed by atoms with Crippen LogP contribution in [0.1, 0.15) is 6.42 Å². The van der Waals surface area contributed by atoms with Gasteiger partial charge in [0.05, 0.1) is 0 Å². The van der Waals surface area contributed by atoms with E-state index in [2.05, 4.69) is 22.8 Å². The Bertz CT molecular complexity index is 104. The molecule has 0 bridgehead atoms. The van der Waals surface area contributed by atoms with E-state index in [0.29, 0.717) is 0 Å². The zero-order valence-corrected chi connectivity index (χ0v) is 6.56. The molecule has 10 heavy (non-hydrogen) atoms. The van der Waals surface area contributed by atoms with E-state index >= 15 is 0 Å². The van der Waals surface area contributed by atoms with Crippen LogP contribution in [0.15, 0.2) is 12.2 Å². The first kappa shape index (κ1) is 7.76. The summed E-state index contributed by atoms with van der Waals surface area (Å²) in [6.07, 6.45) is 5.81. The third-order valence-corrected chi connectivity index (χ3v) is 1.83. The number of hydrogen-bond acceptors (Lipinski definition) is 2. The lowest BCUT2D eigenvalue weighted by Gasteiger charge is -1.98. The molecule has 0 radical (unpaired) electrons. The summed E-state index contributed by atoms with van der Waals surface area (Å²) in [5, 5.41) is 6.41. The Morgan fingerprint density at radius 3 is 3.20 bits per heavy atom. The molecule has 2 N–H and O–H groups in total. The molecule has 2 nitrogen and oxygen atoms in total. The molecule has 1 heterocycles. The number of rotatable bonds is 3. The van der Waals surface area contributed by atoms with Gasteiger partial charge in [-0.05, 0) is 25.9 Å². The van der Waals surface area contributed by atoms with Crippen LogP contribution in [-0.2, 0) is 0 Å². The van der Waals surface area contributed by atoms with Gasteiger partial charge in [0, 0.05) is 13.1 Å². The van der Waals surface area contributed by atoms with Crippen molar-refractivity contribution in [2.24, 2.45) is 5.92 Å². The van der Waals surface area contributed by atoms with Gasteiger partial charge >= 0.3 is 0 Å². The van der Waals surface area contributed by atoms with Crippen LogP contribution in [0, 0.1) is 5.92 Å². The molecule has 1 aliphatic rings. The number of nitrogens with one attached hydrogen (secondary N) is 2. The van der Waals surface area contributed by atoms with Crippen LogP contribution in [0.25, 0.3) is 0 Å². The van der Waals surface area contributed by atoms with Crippen molar-refractivity contribution in [2.75, 3.05) is 26.7 Å². The van der Waals surface area contributed by atoms with Crippen LogP contribution in [0.4, 0.5) is 0 Å². The maximum atomic E-state index is 3.33. The van der Waals surface area contributed by atoms with E-state index in [4.69, 9.17) is 0 Å². The zero-order chi connectivity index (χ0) is 7.23. The zero-order valence-electron chi connectivity index (χ0n) is 6.56.